The van der Waals surface area contributed by atoms with E-state index < -0.39 is 11.2 Å². The highest BCUT2D eigenvalue weighted by molar-refractivity contribution is 6.05. The van der Waals surface area contributed by atoms with Crippen LogP contribution in [0.4, 0.5) is 9.59 Å². The van der Waals surface area contributed by atoms with Crippen LogP contribution < -0.4 is 0 Å². The zero-order chi connectivity index (χ0) is 36.4. The zero-order valence-electron chi connectivity index (χ0n) is 30.7. The predicted octanol–water partition coefficient (Wildman–Crippen LogP) is 10.1. The topological polar surface area (TPSA) is 116 Å². The summed E-state index contributed by atoms with van der Waals surface area (Å²) in [6.07, 6.45) is 4.80. The summed E-state index contributed by atoms with van der Waals surface area (Å²) >= 11 is 0. The summed E-state index contributed by atoms with van der Waals surface area (Å²) in [6, 6.07) is 23.5. The summed E-state index contributed by atoms with van der Waals surface area (Å²) in [4.78, 5) is 46.1. The van der Waals surface area contributed by atoms with Gasteiger partial charge in [-0.15, -0.1) is 0 Å². The van der Waals surface area contributed by atoms with Gasteiger partial charge >= 0.3 is 12.2 Å². The molecule has 2 amide bonds. The average Bonchev–Trinajstić information content (AvgIpc) is 3.91. The molecule has 6 aromatic rings. The number of nitrogens with zero attached hydrogens (tertiary/aromatic N) is 4. The van der Waals surface area contributed by atoms with Crippen molar-refractivity contribution in [3.8, 4) is 22.4 Å². The molecule has 4 aromatic carbocycles. The maximum absolute atomic E-state index is 13.0. The molecule has 0 radical (unpaired) electrons. The van der Waals surface area contributed by atoms with Crippen LogP contribution in [-0.2, 0) is 9.47 Å². The summed E-state index contributed by atoms with van der Waals surface area (Å²) < 4.78 is 11.4. The van der Waals surface area contributed by atoms with Crippen molar-refractivity contribution in [2.24, 2.45) is 0 Å². The van der Waals surface area contributed by atoms with Crippen molar-refractivity contribution in [3.05, 3.63) is 84.6 Å². The molecule has 2 fully saturated rings. The number of ether oxygens (including phenoxy) is 2. The van der Waals surface area contributed by atoms with E-state index in [9.17, 15) is 9.59 Å². The van der Waals surface area contributed by atoms with Crippen molar-refractivity contribution in [3.63, 3.8) is 0 Å². The van der Waals surface area contributed by atoms with Crippen LogP contribution in [0.1, 0.15) is 91.0 Å². The lowest BCUT2D eigenvalue weighted by Crippen LogP contribution is -2.36. The van der Waals surface area contributed by atoms with E-state index in [1.807, 2.05) is 47.7 Å². The molecule has 0 bridgehead atoms. The predicted molar refractivity (Wildman–Crippen MR) is 204 cm³/mol. The number of likely N-dealkylation sites (tertiary alicyclic amines) is 2. The highest BCUT2D eigenvalue weighted by Gasteiger charge is 2.36. The number of rotatable bonds is 4. The standard InChI is InChI=1S/C42H46N6O4/c1-41(2,3)51-39(49)47-19-7-9-34(47)37-43-24-33(45-37)30-14-13-26-21-25(11-12-27(26)23-30)28-15-17-31-29(22-28)16-18-32-36(31)46-38(44-32)35-10-8-20-48(35)40(50)52-42(4,5)6/h11-18,21-24,34-35H,7-10,19-20H2,1-6H3,(H,43,45)(H,44,46)/t34-,35?/m0/s1. The molecule has 268 valence electrons. The second-order valence-corrected chi connectivity index (χ2v) is 16.1. The molecule has 10 heteroatoms. The molecule has 2 aliphatic rings. The molecule has 10 nitrogen and oxygen atoms in total. The molecule has 2 atom stereocenters. The first-order valence-electron chi connectivity index (χ1n) is 18.3. The van der Waals surface area contributed by atoms with Gasteiger partial charge in [0.2, 0.25) is 0 Å². The van der Waals surface area contributed by atoms with E-state index in [1.165, 1.54) is 0 Å². The summed E-state index contributed by atoms with van der Waals surface area (Å²) in [5, 5.41) is 4.49. The van der Waals surface area contributed by atoms with Crippen molar-refractivity contribution in [1.29, 1.82) is 0 Å². The number of carbonyl (C=O) groups is 2. The number of aromatic amines is 2. The first-order chi connectivity index (χ1) is 24.8. The largest absolute Gasteiger partial charge is 0.444 e. The van der Waals surface area contributed by atoms with Crippen LogP contribution in [0.25, 0.3) is 55.0 Å². The summed E-state index contributed by atoms with van der Waals surface area (Å²) in [5.74, 6) is 1.59. The fourth-order valence-electron chi connectivity index (χ4n) is 7.59. The molecule has 4 heterocycles. The lowest BCUT2D eigenvalue weighted by atomic mass is 9.97. The summed E-state index contributed by atoms with van der Waals surface area (Å²) in [5.41, 5.74) is 5.02. The van der Waals surface area contributed by atoms with Gasteiger partial charge in [-0.1, -0.05) is 42.5 Å². The number of amides is 2. The second-order valence-electron chi connectivity index (χ2n) is 16.1. The molecule has 2 saturated heterocycles. The number of imidazole rings is 2. The molecular formula is C42H46N6O4. The van der Waals surface area contributed by atoms with Crippen LogP contribution in [-0.4, -0.2) is 66.2 Å². The summed E-state index contributed by atoms with van der Waals surface area (Å²) in [7, 11) is 0. The van der Waals surface area contributed by atoms with Gasteiger partial charge in [-0.2, -0.15) is 0 Å². The van der Waals surface area contributed by atoms with Crippen LogP contribution in [0.2, 0.25) is 0 Å². The maximum atomic E-state index is 13.0. The highest BCUT2D eigenvalue weighted by atomic mass is 16.6. The number of nitrogens with one attached hydrogen (secondary N) is 2. The quantitative estimate of drug-likeness (QED) is 0.189. The minimum Gasteiger partial charge on any atom is -0.444 e. The van der Waals surface area contributed by atoms with E-state index >= 15 is 0 Å². The van der Waals surface area contributed by atoms with E-state index in [1.54, 1.807) is 9.80 Å². The van der Waals surface area contributed by atoms with Gasteiger partial charge in [0.05, 0.1) is 35.0 Å². The van der Waals surface area contributed by atoms with Crippen LogP contribution in [0, 0.1) is 0 Å². The van der Waals surface area contributed by atoms with Crippen LogP contribution in [0.5, 0.6) is 0 Å². The van der Waals surface area contributed by atoms with Gasteiger partial charge in [-0.25, -0.2) is 19.6 Å². The van der Waals surface area contributed by atoms with Crippen molar-refractivity contribution in [1.82, 2.24) is 29.7 Å². The molecule has 2 aromatic heterocycles. The number of carbonyl (C=O) groups excluding carboxylic acids is 2. The maximum Gasteiger partial charge on any atom is 0.410 e. The smallest absolute Gasteiger partial charge is 0.410 e. The van der Waals surface area contributed by atoms with Gasteiger partial charge < -0.3 is 19.4 Å². The third kappa shape index (κ3) is 6.58. The van der Waals surface area contributed by atoms with Gasteiger partial charge in [0.15, 0.2) is 0 Å². The number of fused-ring (bicyclic) bond motifs is 4. The van der Waals surface area contributed by atoms with Crippen molar-refractivity contribution >= 4 is 44.8 Å². The van der Waals surface area contributed by atoms with Gasteiger partial charge in [-0.05, 0) is 119 Å². The molecule has 52 heavy (non-hydrogen) atoms. The second kappa shape index (κ2) is 12.7. The van der Waals surface area contributed by atoms with Gasteiger partial charge in [0, 0.05) is 24.0 Å². The Kier molecular flexibility index (Phi) is 8.23. The molecule has 2 aliphatic heterocycles. The Morgan fingerprint density at radius 2 is 1.21 bits per heavy atom. The third-order valence-electron chi connectivity index (χ3n) is 9.96. The van der Waals surface area contributed by atoms with Gasteiger partial charge in [0.25, 0.3) is 0 Å². The number of H-pyrrole nitrogens is 2. The number of hydrogen-bond acceptors (Lipinski definition) is 6. The van der Waals surface area contributed by atoms with Gasteiger partial charge in [-0.3, -0.25) is 9.80 Å². The Bertz CT molecular complexity index is 2330. The van der Waals surface area contributed by atoms with Crippen molar-refractivity contribution < 1.29 is 19.1 Å². The van der Waals surface area contributed by atoms with E-state index in [0.29, 0.717) is 13.1 Å². The Labute approximate surface area is 303 Å². The first-order valence-corrected chi connectivity index (χ1v) is 18.3. The Morgan fingerprint density at radius 1 is 0.673 bits per heavy atom. The molecular weight excluding hydrogens is 652 g/mol. The molecule has 8 rings (SSSR count). The molecule has 1 unspecified atom stereocenters. The number of hydrogen-bond donors (Lipinski definition) is 2. The lowest BCUT2D eigenvalue weighted by molar-refractivity contribution is 0.0208. The molecule has 0 aliphatic carbocycles. The van der Waals surface area contributed by atoms with Crippen molar-refractivity contribution in [2.45, 2.75) is 90.5 Å². The monoisotopic (exact) mass is 698 g/mol. The fourth-order valence-corrected chi connectivity index (χ4v) is 7.59. The first kappa shape index (κ1) is 33.7. The van der Waals surface area contributed by atoms with Crippen LogP contribution >= 0.6 is 0 Å². The van der Waals surface area contributed by atoms with E-state index in [2.05, 4.69) is 76.7 Å². The third-order valence-corrected chi connectivity index (χ3v) is 9.96. The fraction of sp³-hybridized carbons (Fsp3) is 0.381. The number of benzene rings is 4. The zero-order valence-corrected chi connectivity index (χ0v) is 30.7. The molecule has 0 saturated carbocycles. The van der Waals surface area contributed by atoms with E-state index in [-0.39, 0.29) is 24.3 Å². The van der Waals surface area contributed by atoms with E-state index in [0.717, 1.165) is 92.3 Å². The van der Waals surface area contributed by atoms with Crippen LogP contribution in [0.15, 0.2) is 72.9 Å². The summed E-state index contributed by atoms with van der Waals surface area (Å²) in [6.45, 7) is 12.7. The van der Waals surface area contributed by atoms with Crippen molar-refractivity contribution in [2.75, 3.05) is 13.1 Å². The Morgan fingerprint density at radius 3 is 1.85 bits per heavy atom. The highest BCUT2D eigenvalue weighted by Crippen LogP contribution is 2.37. The molecule has 0 spiro atoms. The SMILES string of the molecule is CC(C)(C)OC(=O)N1CCCC1c1nc2ccc3cc(-c4ccc5cc(-c6cnc([C@@H]7CCCN7C(=O)OC(C)(C)C)[nH]6)ccc5c4)ccc3c2[nH]1. The Balaban J connectivity index is 1.02. The number of aromatic nitrogens is 4. The van der Waals surface area contributed by atoms with E-state index in [4.69, 9.17) is 19.4 Å². The average molecular weight is 699 g/mol. The molecule has 2 N–H and O–H groups in total. The minimum absolute atomic E-state index is 0.123. The lowest BCUT2D eigenvalue weighted by Gasteiger charge is -2.27. The normalized spacial score (nSPS) is 18.2. The van der Waals surface area contributed by atoms with Gasteiger partial charge in [0.1, 0.15) is 22.9 Å². The Hall–Kier alpha value is -5.38. The van der Waals surface area contributed by atoms with Crippen LogP contribution in [0.3, 0.4) is 0 Å². The minimum atomic E-state index is -0.546.